The molecule has 1 aliphatic rings. The first-order valence-electron chi connectivity index (χ1n) is 4.99. The minimum atomic E-state index is -0.322. The Morgan fingerprint density at radius 3 is 2.86 bits per heavy atom. The summed E-state index contributed by atoms with van der Waals surface area (Å²) in [4.78, 5) is 11.4. The van der Waals surface area contributed by atoms with Crippen LogP contribution in [0.2, 0.25) is 0 Å². The van der Waals surface area contributed by atoms with Gasteiger partial charge in [0.05, 0.1) is 0 Å². The van der Waals surface area contributed by atoms with Gasteiger partial charge < -0.3 is 4.74 Å². The summed E-state index contributed by atoms with van der Waals surface area (Å²) >= 11 is 4.29. The first kappa shape index (κ1) is 11.6. The Hall–Kier alpha value is -0.440. The molecule has 0 amide bonds. The predicted octanol–water partition coefficient (Wildman–Crippen LogP) is 2.59. The zero-order chi connectivity index (χ0) is 10.8. The van der Waals surface area contributed by atoms with E-state index < -0.39 is 0 Å². The number of thiol groups is 1. The molecule has 0 N–H and O–H groups in total. The molecule has 0 heterocycles. The monoisotopic (exact) mass is 214 g/mol. The third-order valence-electron chi connectivity index (χ3n) is 2.98. The van der Waals surface area contributed by atoms with E-state index in [2.05, 4.69) is 19.2 Å². The van der Waals surface area contributed by atoms with Gasteiger partial charge in [-0.05, 0) is 38.9 Å². The minimum absolute atomic E-state index is 0.277. The van der Waals surface area contributed by atoms with Gasteiger partial charge in [-0.3, -0.25) is 0 Å². The second-order valence-corrected chi connectivity index (χ2v) is 4.62. The van der Waals surface area contributed by atoms with Crippen LogP contribution < -0.4 is 0 Å². The fourth-order valence-electron chi connectivity index (χ4n) is 1.93. The van der Waals surface area contributed by atoms with Gasteiger partial charge in [0.25, 0.3) is 0 Å². The van der Waals surface area contributed by atoms with E-state index in [4.69, 9.17) is 4.74 Å². The Morgan fingerprint density at radius 2 is 2.36 bits per heavy atom. The topological polar surface area (TPSA) is 26.3 Å². The second kappa shape index (κ2) is 4.39. The molecule has 0 aromatic heterocycles. The van der Waals surface area contributed by atoms with Crippen molar-refractivity contribution in [3.8, 4) is 0 Å². The Balaban J connectivity index is 2.65. The lowest BCUT2D eigenvalue weighted by molar-refractivity contribution is -0.155. The molecule has 80 valence electrons. The van der Waals surface area contributed by atoms with E-state index in [1.54, 1.807) is 6.92 Å². The van der Waals surface area contributed by atoms with Crippen LogP contribution in [0.5, 0.6) is 0 Å². The Labute approximate surface area is 91.1 Å². The van der Waals surface area contributed by atoms with E-state index in [1.807, 2.05) is 6.92 Å². The van der Waals surface area contributed by atoms with E-state index in [0.717, 1.165) is 25.0 Å². The number of hydrogen-bond donors (Lipinski definition) is 1. The molecule has 0 aromatic carbocycles. The molecule has 0 spiro atoms. The van der Waals surface area contributed by atoms with Gasteiger partial charge in [0.2, 0.25) is 0 Å². The lowest BCUT2D eigenvalue weighted by atomic mass is 9.94. The van der Waals surface area contributed by atoms with E-state index in [1.165, 1.54) is 0 Å². The number of esters is 1. The van der Waals surface area contributed by atoms with Crippen LogP contribution in [-0.2, 0) is 9.53 Å². The molecule has 1 saturated carbocycles. The van der Waals surface area contributed by atoms with Crippen molar-refractivity contribution in [1.29, 1.82) is 0 Å². The Kier molecular flexibility index (Phi) is 3.65. The van der Waals surface area contributed by atoms with Crippen molar-refractivity contribution in [2.75, 3.05) is 5.75 Å². The predicted molar refractivity (Wildman–Crippen MR) is 60.5 cm³/mol. The summed E-state index contributed by atoms with van der Waals surface area (Å²) < 4.78 is 5.48. The van der Waals surface area contributed by atoms with E-state index in [-0.39, 0.29) is 11.6 Å². The zero-order valence-corrected chi connectivity index (χ0v) is 9.77. The molecule has 1 aliphatic carbocycles. The molecule has 2 atom stereocenters. The maximum atomic E-state index is 11.4. The fourth-order valence-corrected chi connectivity index (χ4v) is 2.50. The van der Waals surface area contributed by atoms with Crippen molar-refractivity contribution in [1.82, 2.24) is 0 Å². The SMILES string of the molecule is C=C(C)C(=O)OC1(C)CCCC1CS. The first-order valence-corrected chi connectivity index (χ1v) is 5.62. The normalized spacial score (nSPS) is 31.5. The zero-order valence-electron chi connectivity index (χ0n) is 8.88. The van der Waals surface area contributed by atoms with Crippen molar-refractivity contribution >= 4 is 18.6 Å². The molecule has 2 nitrogen and oxygen atoms in total. The van der Waals surface area contributed by atoms with Crippen LogP contribution >= 0.6 is 12.6 Å². The number of hydrogen-bond acceptors (Lipinski definition) is 3. The highest BCUT2D eigenvalue weighted by Gasteiger charge is 2.41. The van der Waals surface area contributed by atoms with Crippen LogP contribution in [0.1, 0.15) is 33.1 Å². The van der Waals surface area contributed by atoms with Gasteiger partial charge in [-0.2, -0.15) is 12.6 Å². The summed E-state index contributed by atoms with van der Waals surface area (Å²) in [6, 6.07) is 0. The lowest BCUT2D eigenvalue weighted by Crippen LogP contribution is -2.36. The summed E-state index contributed by atoms with van der Waals surface area (Å²) in [6.07, 6.45) is 3.16. The minimum Gasteiger partial charge on any atom is -0.456 e. The van der Waals surface area contributed by atoms with Gasteiger partial charge >= 0.3 is 5.97 Å². The molecule has 0 bridgehead atoms. The summed E-state index contributed by atoms with van der Waals surface area (Å²) in [7, 11) is 0. The van der Waals surface area contributed by atoms with Crippen molar-refractivity contribution < 1.29 is 9.53 Å². The number of rotatable bonds is 3. The molecular formula is C11H18O2S. The summed E-state index contributed by atoms with van der Waals surface area (Å²) in [6.45, 7) is 7.26. The molecule has 1 fully saturated rings. The van der Waals surface area contributed by atoms with Gasteiger partial charge in [0.1, 0.15) is 5.60 Å². The van der Waals surface area contributed by atoms with Crippen LogP contribution in [0, 0.1) is 5.92 Å². The van der Waals surface area contributed by atoms with Crippen molar-refractivity contribution in [3.63, 3.8) is 0 Å². The third-order valence-corrected chi connectivity index (χ3v) is 3.42. The molecular weight excluding hydrogens is 196 g/mol. The highest BCUT2D eigenvalue weighted by molar-refractivity contribution is 7.80. The lowest BCUT2D eigenvalue weighted by Gasteiger charge is -2.30. The van der Waals surface area contributed by atoms with Crippen molar-refractivity contribution in [2.24, 2.45) is 5.92 Å². The highest BCUT2D eigenvalue weighted by atomic mass is 32.1. The maximum absolute atomic E-state index is 11.4. The largest absolute Gasteiger partial charge is 0.456 e. The second-order valence-electron chi connectivity index (χ2n) is 4.25. The van der Waals surface area contributed by atoms with E-state index in [0.29, 0.717) is 11.5 Å². The van der Waals surface area contributed by atoms with Crippen molar-refractivity contribution in [3.05, 3.63) is 12.2 Å². The van der Waals surface area contributed by atoms with Gasteiger partial charge in [-0.1, -0.05) is 6.58 Å². The molecule has 0 saturated heterocycles. The average molecular weight is 214 g/mol. The van der Waals surface area contributed by atoms with Gasteiger partial charge in [-0.15, -0.1) is 0 Å². The summed E-state index contributed by atoms with van der Waals surface area (Å²) in [5, 5.41) is 0. The summed E-state index contributed by atoms with van der Waals surface area (Å²) in [5.74, 6) is 0.885. The van der Waals surface area contributed by atoms with Gasteiger partial charge in [-0.25, -0.2) is 4.79 Å². The molecule has 14 heavy (non-hydrogen) atoms. The molecule has 2 unspecified atom stereocenters. The van der Waals surface area contributed by atoms with Crippen LogP contribution in [0.3, 0.4) is 0 Å². The molecule has 0 aliphatic heterocycles. The molecule has 1 rings (SSSR count). The van der Waals surface area contributed by atoms with Crippen LogP contribution in [0.4, 0.5) is 0 Å². The standard InChI is InChI=1S/C11H18O2S/c1-8(2)10(12)13-11(3)6-4-5-9(11)7-14/h9,14H,1,4-7H2,2-3H3. The number of carbonyl (C=O) groups excluding carboxylic acids is 1. The Bertz CT molecular complexity index is 250. The fraction of sp³-hybridized carbons (Fsp3) is 0.727. The van der Waals surface area contributed by atoms with Gasteiger partial charge in [0.15, 0.2) is 0 Å². The number of carbonyl (C=O) groups is 1. The average Bonchev–Trinajstić information content (AvgIpc) is 2.46. The first-order chi connectivity index (χ1) is 6.49. The number of ether oxygens (including phenoxy) is 1. The molecule has 0 radical (unpaired) electrons. The van der Waals surface area contributed by atoms with Crippen molar-refractivity contribution in [2.45, 2.75) is 38.7 Å². The van der Waals surface area contributed by atoms with Crippen LogP contribution in [0.25, 0.3) is 0 Å². The molecule has 0 aromatic rings. The highest BCUT2D eigenvalue weighted by Crippen LogP contribution is 2.39. The third kappa shape index (κ3) is 2.32. The van der Waals surface area contributed by atoms with E-state index >= 15 is 0 Å². The van der Waals surface area contributed by atoms with E-state index in [9.17, 15) is 4.79 Å². The molecule has 3 heteroatoms. The maximum Gasteiger partial charge on any atom is 0.333 e. The van der Waals surface area contributed by atoms with Gasteiger partial charge in [0, 0.05) is 11.5 Å². The van der Waals surface area contributed by atoms with Crippen LogP contribution in [0.15, 0.2) is 12.2 Å². The summed E-state index contributed by atoms with van der Waals surface area (Å²) in [5.41, 5.74) is 0.147. The van der Waals surface area contributed by atoms with Crippen LogP contribution in [-0.4, -0.2) is 17.3 Å². The smallest absolute Gasteiger partial charge is 0.333 e. The quantitative estimate of drug-likeness (QED) is 0.444. The Morgan fingerprint density at radius 1 is 1.71 bits per heavy atom.